The molecule has 0 spiro atoms. The molecule has 2 amide bonds. The summed E-state index contributed by atoms with van der Waals surface area (Å²) in [5.41, 5.74) is 0.875. The van der Waals surface area contributed by atoms with E-state index in [1.807, 2.05) is 13.2 Å². The van der Waals surface area contributed by atoms with Gasteiger partial charge in [-0.15, -0.1) is 0 Å². The third-order valence-electron chi connectivity index (χ3n) is 4.31. The summed E-state index contributed by atoms with van der Waals surface area (Å²) in [5, 5.41) is 13.0. The van der Waals surface area contributed by atoms with E-state index in [1.54, 1.807) is 15.8 Å². The first-order valence-corrected chi connectivity index (χ1v) is 8.11. The topological polar surface area (TPSA) is 95.7 Å². The minimum absolute atomic E-state index is 0.0382. The van der Waals surface area contributed by atoms with Crippen LogP contribution in [-0.4, -0.2) is 68.1 Å². The van der Waals surface area contributed by atoms with E-state index in [0.29, 0.717) is 32.4 Å². The Labute approximate surface area is 141 Å². The van der Waals surface area contributed by atoms with Crippen molar-refractivity contribution >= 4 is 17.8 Å². The predicted octanol–water partition coefficient (Wildman–Crippen LogP) is 0.277. The number of amides is 2. The number of hydrogen-bond donors (Lipinski definition) is 1. The maximum absolute atomic E-state index is 12.4. The molecule has 8 nitrogen and oxygen atoms in total. The van der Waals surface area contributed by atoms with Gasteiger partial charge in [0.15, 0.2) is 0 Å². The van der Waals surface area contributed by atoms with Crippen LogP contribution < -0.4 is 0 Å². The smallest absolute Gasteiger partial charge is 0.323 e. The van der Waals surface area contributed by atoms with Crippen LogP contribution in [0.4, 0.5) is 0 Å². The summed E-state index contributed by atoms with van der Waals surface area (Å²) in [6.45, 7) is 2.27. The molecule has 0 bridgehead atoms. The van der Waals surface area contributed by atoms with Gasteiger partial charge in [0, 0.05) is 39.3 Å². The molecule has 0 saturated carbocycles. The Kier molecular flexibility index (Phi) is 5.94. The number of aromatic nitrogens is 2. The number of aryl methyl sites for hydroxylation is 1. The fourth-order valence-corrected chi connectivity index (χ4v) is 3.13. The molecule has 2 heterocycles. The average Bonchev–Trinajstić information content (AvgIpc) is 2.76. The number of carboxylic acid groups (broad SMARTS) is 1. The summed E-state index contributed by atoms with van der Waals surface area (Å²) in [6, 6.07) is -0.130. The number of rotatable bonds is 5. The lowest BCUT2D eigenvalue weighted by atomic mass is 10.1. The lowest BCUT2D eigenvalue weighted by Crippen LogP contribution is -2.43. The highest BCUT2D eigenvalue weighted by Gasteiger charge is 2.27. The minimum atomic E-state index is -1.01. The van der Waals surface area contributed by atoms with Crippen molar-refractivity contribution in [1.82, 2.24) is 19.6 Å². The molecule has 2 rings (SSSR count). The molecule has 1 aliphatic rings. The van der Waals surface area contributed by atoms with E-state index in [9.17, 15) is 14.4 Å². The van der Waals surface area contributed by atoms with Gasteiger partial charge in [0.2, 0.25) is 11.8 Å². The van der Waals surface area contributed by atoms with Crippen LogP contribution in [0.5, 0.6) is 0 Å². The highest BCUT2D eigenvalue weighted by Crippen LogP contribution is 2.18. The van der Waals surface area contributed by atoms with Crippen LogP contribution in [0.15, 0.2) is 12.4 Å². The number of likely N-dealkylation sites (tertiary alicyclic amines) is 1. The number of carbonyl (C=O) groups is 3. The van der Waals surface area contributed by atoms with Gasteiger partial charge >= 0.3 is 5.97 Å². The third-order valence-corrected chi connectivity index (χ3v) is 4.31. The van der Waals surface area contributed by atoms with Gasteiger partial charge in [-0.1, -0.05) is 0 Å². The Morgan fingerprint density at radius 1 is 1.33 bits per heavy atom. The SMILES string of the molecule is CC(=O)N(CC(=O)O)C1CCCN(C(=O)Cc2cnn(C)c2)CC1. The Bertz CT molecular complexity index is 613. The Balaban J connectivity index is 1.94. The van der Waals surface area contributed by atoms with E-state index < -0.39 is 5.97 Å². The molecule has 0 aromatic carbocycles. The number of hydrogen-bond acceptors (Lipinski definition) is 4. The molecule has 0 radical (unpaired) electrons. The molecule has 24 heavy (non-hydrogen) atoms. The van der Waals surface area contributed by atoms with E-state index in [-0.39, 0.29) is 24.4 Å². The molecule has 1 N–H and O–H groups in total. The molecule has 132 valence electrons. The fourth-order valence-electron chi connectivity index (χ4n) is 3.13. The summed E-state index contributed by atoms with van der Waals surface area (Å²) in [4.78, 5) is 38.3. The largest absolute Gasteiger partial charge is 0.480 e. The molecule has 1 atom stereocenters. The van der Waals surface area contributed by atoms with Gasteiger partial charge in [0.05, 0.1) is 12.6 Å². The van der Waals surface area contributed by atoms with E-state index in [2.05, 4.69) is 5.10 Å². The molecule has 0 aliphatic carbocycles. The molecule has 8 heteroatoms. The normalized spacial score (nSPS) is 18.1. The third kappa shape index (κ3) is 4.81. The number of carboxylic acids is 1. The monoisotopic (exact) mass is 336 g/mol. The van der Waals surface area contributed by atoms with Crippen LogP contribution in [0.3, 0.4) is 0 Å². The Morgan fingerprint density at radius 2 is 2.08 bits per heavy atom. The number of aliphatic carboxylic acids is 1. The van der Waals surface area contributed by atoms with Crippen LogP contribution in [0.1, 0.15) is 31.7 Å². The number of carbonyl (C=O) groups excluding carboxylic acids is 2. The van der Waals surface area contributed by atoms with Gasteiger partial charge in [0.1, 0.15) is 6.54 Å². The van der Waals surface area contributed by atoms with Gasteiger partial charge in [-0.25, -0.2) is 0 Å². The second kappa shape index (κ2) is 7.94. The average molecular weight is 336 g/mol. The molecule has 1 aromatic heterocycles. The Hall–Kier alpha value is -2.38. The summed E-state index contributed by atoms with van der Waals surface area (Å²) in [6.07, 6.45) is 5.89. The minimum Gasteiger partial charge on any atom is -0.480 e. The molecular weight excluding hydrogens is 312 g/mol. The highest BCUT2D eigenvalue weighted by atomic mass is 16.4. The maximum Gasteiger partial charge on any atom is 0.323 e. The molecule has 1 fully saturated rings. The van der Waals surface area contributed by atoms with Crippen LogP contribution >= 0.6 is 0 Å². The molecule has 1 aliphatic heterocycles. The summed E-state index contributed by atoms with van der Waals surface area (Å²) >= 11 is 0. The first kappa shape index (κ1) is 18.0. The van der Waals surface area contributed by atoms with E-state index >= 15 is 0 Å². The first-order chi connectivity index (χ1) is 11.4. The van der Waals surface area contributed by atoms with Crippen molar-refractivity contribution in [3.63, 3.8) is 0 Å². The molecule has 1 saturated heterocycles. The van der Waals surface area contributed by atoms with Crippen molar-refractivity contribution in [2.45, 2.75) is 38.6 Å². The second-order valence-corrected chi connectivity index (χ2v) is 6.21. The van der Waals surface area contributed by atoms with Crippen molar-refractivity contribution < 1.29 is 19.5 Å². The van der Waals surface area contributed by atoms with Crippen LogP contribution in [0.25, 0.3) is 0 Å². The number of nitrogens with zero attached hydrogens (tertiary/aromatic N) is 4. The maximum atomic E-state index is 12.4. The zero-order chi connectivity index (χ0) is 17.7. The quantitative estimate of drug-likeness (QED) is 0.833. The molecule has 1 aromatic rings. The lowest BCUT2D eigenvalue weighted by Gasteiger charge is -2.28. The lowest BCUT2D eigenvalue weighted by molar-refractivity contribution is -0.145. The van der Waals surface area contributed by atoms with Gasteiger partial charge in [-0.3, -0.25) is 19.1 Å². The fraction of sp³-hybridized carbons (Fsp3) is 0.625. The van der Waals surface area contributed by atoms with Crippen LogP contribution in [0.2, 0.25) is 0 Å². The van der Waals surface area contributed by atoms with Crippen LogP contribution in [-0.2, 0) is 27.9 Å². The van der Waals surface area contributed by atoms with E-state index in [0.717, 1.165) is 12.0 Å². The van der Waals surface area contributed by atoms with E-state index in [1.165, 1.54) is 11.8 Å². The highest BCUT2D eigenvalue weighted by molar-refractivity contribution is 5.80. The van der Waals surface area contributed by atoms with Crippen molar-refractivity contribution in [3.8, 4) is 0 Å². The summed E-state index contributed by atoms with van der Waals surface area (Å²) in [7, 11) is 1.81. The summed E-state index contributed by atoms with van der Waals surface area (Å²) in [5.74, 6) is -1.22. The summed E-state index contributed by atoms with van der Waals surface area (Å²) < 4.78 is 1.66. The van der Waals surface area contributed by atoms with Gasteiger partial charge in [-0.05, 0) is 24.8 Å². The van der Waals surface area contributed by atoms with Crippen molar-refractivity contribution in [3.05, 3.63) is 18.0 Å². The van der Waals surface area contributed by atoms with Crippen molar-refractivity contribution in [2.75, 3.05) is 19.6 Å². The predicted molar refractivity (Wildman–Crippen MR) is 86.2 cm³/mol. The second-order valence-electron chi connectivity index (χ2n) is 6.21. The molecule has 1 unspecified atom stereocenters. The first-order valence-electron chi connectivity index (χ1n) is 8.11. The van der Waals surface area contributed by atoms with Gasteiger partial charge < -0.3 is 14.9 Å². The van der Waals surface area contributed by atoms with Gasteiger partial charge in [-0.2, -0.15) is 5.10 Å². The van der Waals surface area contributed by atoms with Crippen molar-refractivity contribution in [2.24, 2.45) is 7.05 Å². The molecular formula is C16H24N4O4. The van der Waals surface area contributed by atoms with Gasteiger partial charge in [0.25, 0.3) is 0 Å². The van der Waals surface area contributed by atoms with E-state index in [4.69, 9.17) is 5.11 Å². The Morgan fingerprint density at radius 3 is 2.67 bits per heavy atom. The van der Waals surface area contributed by atoms with Crippen LogP contribution in [0, 0.1) is 0 Å². The van der Waals surface area contributed by atoms with Crippen molar-refractivity contribution in [1.29, 1.82) is 0 Å². The zero-order valence-corrected chi connectivity index (χ0v) is 14.1. The standard InChI is InChI=1S/C16H24N4O4/c1-12(21)20(11-16(23)24)14-4-3-6-19(7-5-14)15(22)8-13-9-17-18(2)10-13/h9-10,14H,3-8,11H2,1-2H3,(H,23,24). The zero-order valence-electron chi connectivity index (χ0n) is 14.1.